The van der Waals surface area contributed by atoms with Crippen molar-refractivity contribution in [3.05, 3.63) is 149 Å². The highest BCUT2D eigenvalue weighted by Crippen LogP contribution is 2.41. The summed E-state index contributed by atoms with van der Waals surface area (Å²) < 4.78 is 75.7. The summed E-state index contributed by atoms with van der Waals surface area (Å²) in [6.45, 7) is 0. The first-order valence-electron chi connectivity index (χ1n) is 17.1. The van der Waals surface area contributed by atoms with Gasteiger partial charge in [0.2, 0.25) is 5.82 Å². The van der Waals surface area contributed by atoms with Crippen LogP contribution in [0.3, 0.4) is 0 Å². The van der Waals surface area contributed by atoms with Gasteiger partial charge in [0, 0.05) is 44.3 Å². The van der Waals surface area contributed by atoms with Crippen LogP contribution in [-0.4, -0.2) is 35.3 Å². The molecule has 12 heteroatoms. The molecule has 0 fully saturated rings. The molecule has 2 aliphatic heterocycles. The van der Waals surface area contributed by atoms with Crippen LogP contribution in [0.5, 0.6) is 17.2 Å². The Balaban J connectivity index is 1.51. The molecule has 3 aromatic heterocycles. The number of aromatic amines is 2. The minimum absolute atomic E-state index is 0.0213. The predicted octanol–water partition coefficient (Wildman–Crippen LogP) is 11.1. The lowest BCUT2D eigenvalue weighted by molar-refractivity contribution is 0.381. The van der Waals surface area contributed by atoms with Crippen LogP contribution in [0.25, 0.3) is 90.9 Å². The maximum Gasteiger partial charge on any atom is 0.200 e. The van der Waals surface area contributed by atoms with Crippen molar-refractivity contribution in [2.24, 2.45) is 0 Å². The summed E-state index contributed by atoms with van der Waals surface area (Å²) >= 11 is 0. The molecule has 274 valence electrons. The van der Waals surface area contributed by atoms with Crippen LogP contribution in [0.1, 0.15) is 22.8 Å². The number of aromatic nitrogens is 4. The number of fused-ring (bicyclic) bond motifs is 8. The van der Waals surface area contributed by atoms with E-state index in [1.807, 2.05) is 6.07 Å². The molecule has 56 heavy (non-hydrogen) atoms. The SMILES string of the molecule is Oc1cccc(-c2c3nc(c(-c4cccc(O)c4)c4ccc([nH]4)c(-c4c(F)c(F)c(F)c(F)c4F)c4nc(c(-c5cccc(O)c5)c5ccc2[nH]5)C=C4)C=C3)c1. The van der Waals surface area contributed by atoms with E-state index in [0.29, 0.717) is 61.3 Å². The van der Waals surface area contributed by atoms with Crippen molar-refractivity contribution in [1.29, 1.82) is 0 Å². The minimum atomic E-state index is -2.30. The van der Waals surface area contributed by atoms with Crippen molar-refractivity contribution >= 4 is 46.4 Å². The number of H-pyrrole nitrogens is 2. The van der Waals surface area contributed by atoms with Gasteiger partial charge in [-0.3, -0.25) is 0 Å². The van der Waals surface area contributed by atoms with Crippen molar-refractivity contribution in [2.75, 3.05) is 0 Å². The van der Waals surface area contributed by atoms with Crippen LogP contribution in [0.4, 0.5) is 22.0 Å². The van der Waals surface area contributed by atoms with Gasteiger partial charge in [0.1, 0.15) is 17.2 Å². The zero-order valence-corrected chi connectivity index (χ0v) is 28.7. The molecule has 0 atom stereocenters. The zero-order valence-electron chi connectivity index (χ0n) is 28.7. The molecule has 0 spiro atoms. The third kappa shape index (κ3) is 5.66. The fourth-order valence-corrected chi connectivity index (χ4v) is 7.19. The van der Waals surface area contributed by atoms with E-state index in [1.165, 1.54) is 42.5 Å². The van der Waals surface area contributed by atoms with Gasteiger partial charge in [0.05, 0.1) is 28.3 Å². The normalized spacial score (nSPS) is 12.1. The third-order valence-electron chi connectivity index (χ3n) is 9.62. The average Bonchev–Trinajstić information content (AvgIpc) is 4.02. The molecule has 0 saturated carbocycles. The zero-order chi connectivity index (χ0) is 38.8. The van der Waals surface area contributed by atoms with Gasteiger partial charge < -0.3 is 25.3 Å². The molecule has 0 aliphatic carbocycles. The van der Waals surface area contributed by atoms with Crippen LogP contribution >= 0.6 is 0 Å². The van der Waals surface area contributed by atoms with Crippen LogP contribution in [-0.2, 0) is 0 Å². The first-order chi connectivity index (χ1) is 27.0. The smallest absolute Gasteiger partial charge is 0.200 e. The first kappa shape index (κ1) is 34.3. The van der Waals surface area contributed by atoms with E-state index in [2.05, 4.69) is 9.97 Å². The Hall–Kier alpha value is -7.47. The summed E-state index contributed by atoms with van der Waals surface area (Å²) in [7, 11) is 0. The second kappa shape index (κ2) is 13.1. The second-order valence-corrected chi connectivity index (χ2v) is 13.1. The number of hydrogen-bond donors (Lipinski definition) is 5. The topological polar surface area (TPSA) is 118 Å². The van der Waals surface area contributed by atoms with E-state index in [1.54, 1.807) is 72.8 Å². The average molecular weight is 753 g/mol. The minimum Gasteiger partial charge on any atom is -0.508 e. The molecule has 4 aromatic carbocycles. The van der Waals surface area contributed by atoms with E-state index < -0.39 is 40.2 Å². The van der Waals surface area contributed by atoms with Crippen LogP contribution < -0.4 is 0 Å². The van der Waals surface area contributed by atoms with Crippen molar-refractivity contribution in [1.82, 2.24) is 19.9 Å². The van der Waals surface area contributed by atoms with E-state index in [0.717, 1.165) is 0 Å². The number of nitrogens with one attached hydrogen (secondary N) is 2. The molecular formula is C44H25F5N4O3. The number of phenolic OH excluding ortho intramolecular Hbond substituents is 3. The highest BCUT2D eigenvalue weighted by atomic mass is 19.2. The lowest BCUT2D eigenvalue weighted by atomic mass is 10.0. The largest absolute Gasteiger partial charge is 0.508 e. The second-order valence-electron chi connectivity index (χ2n) is 13.1. The number of benzene rings is 4. The molecule has 0 saturated heterocycles. The number of aromatic hydroxyl groups is 3. The highest BCUT2D eigenvalue weighted by Gasteiger charge is 2.30. The summed E-state index contributed by atoms with van der Waals surface area (Å²) in [5.41, 5.74) is 3.78. The van der Waals surface area contributed by atoms with Gasteiger partial charge in [0.25, 0.3) is 0 Å². The van der Waals surface area contributed by atoms with Crippen molar-refractivity contribution in [3.63, 3.8) is 0 Å². The maximum absolute atomic E-state index is 15.8. The lowest BCUT2D eigenvalue weighted by Crippen LogP contribution is -2.05. The fraction of sp³-hybridized carbons (Fsp3) is 0. The molecule has 5 heterocycles. The highest BCUT2D eigenvalue weighted by molar-refractivity contribution is 6.00. The quantitative estimate of drug-likeness (QED) is 0.0697. The van der Waals surface area contributed by atoms with Gasteiger partial charge in [-0.1, -0.05) is 36.4 Å². The van der Waals surface area contributed by atoms with Crippen LogP contribution in [0, 0.1) is 29.1 Å². The monoisotopic (exact) mass is 752 g/mol. The van der Waals surface area contributed by atoms with Gasteiger partial charge >= 0.3 is 0 Å². The Kier molecular flexibility index (Phi) is 8.04. The summed E-state index contributed by atoms with van der Waals surface area (Å²) in [5, 5.41) is 31.6. The third-order valence-corrected chi connectivity index (χ3v) is 9.62. The Morgan fingerprint density at radius 2 is 0.661 bits per heavy atom. The van der Waals surface area contributed by atoms with E-state index in [4.69, 9.17) is 9.97 Å². The molecule has 9 rings (SSSR count). The molecular weight excluding hydrogens is 727 g/mol. The van der Waals surface area contributed by atoms with Gasteiger partial charge in [-0.2, -0.15) is 0 Å². The molecule has 0 unspecified atom stereocenters. The molecule has 8 bridgehead atoms. The summed E-state index contributed by atoms with van der Waals surface area (Å²) in [6, 6.07) is 25.9. The Morgan fingerprint density at radius 3 is 1.00 bits per heavy atom. The van der Waals surface area contributed by atoms with Crippen LogP contribution in [0.15, 0.2) is 97.1 Å². The summed E-state index contributed by atoms with van der Waals surface area (Å²) in [5.74, 6) is -10.8. The molecule has 7 aromatic rings. The molecule has 7 nitrogen and oxygen atoms in total. The number of hydrogen-bond acceptors (Lipinski definition) is 5. The van der Waals surface area contributed by atoms with Gasteiger partial charge in [-0.05, 0) is 102 Å². The fourth-order valence-electron chi connectivity index (χ4n) is 7.19. The summed E-state index contributed by atoms with van der Waals surface area (Å²) in [4.78, 5) is 16.3. The molecule has 0 amide bonds. The van der Waals surface area contributed by atoms with Crippen LogP contribution in [0.2, 0.25) is 0 Å². The van der Waals surface area contributed by atoms with Gasteiger partial charge in [-0.25, -0.2) is 31.9 Å². The lowest BCUT2D eigenvalue weighted by Gasteiger charge is -2.10. The van der Waals surface area contributed by atoms with Crippen molar-refractivity contribution in [2.45, 2.75) is 0 Å². The van der Waals surface area contributed by atoms with Gasteiger partial charge in [-0.15, -0.1) is 0 Å². The number of nitrogens with zero attached hydrogens (tertiary/aromatic N) is 2. The summed E-state index contributed by atoms with van der Waals surface area (Å²) in [6.07, 6.45) is 6.46. The Bertz CT molecular complexity index is 2970. The van der Waals surface area contributed by atoms with Gasteiger partial charge in [0.15, 0.2) is 23.3 Å². The first-order valence-corrected chi connectivity index (χ1v) is 17.1. The molecule has 0 radical (unpaired) electrons. The van der Waals surface area contributed by atoms with Crippen molar-refractivity contribution < 1.29 is 37.3 Å². The number of phenols is 3. The van der Waals surface area contributed by atoms with E-state index in [-0.39, 0.29) is 34.2 Å². The maximum atomic E-state index is 15.8. The predicted molar refractivity (Wildman–Crippen MR) is 205 cm³/mol. The van der Waals surface area contributed by atoms with E-state index >= 15 is 8.78 Å². The Labute approximate surface area is 313 Å². The molecule has 5 N–H and O–H groups in total. The standard InChI is InChI=1S/C44H25F5N4O3/c45-40-39(41(46)43(48)44(49)42(40)47)38-33-16-14-31(52-33)36(22-5-2-8-25(55)19-22)29-12-10-27(50-29)35(21-4-1-7-24(54)18-21)28-11-13-30(51-28)37(32-15-17-34(38)53-32)23-6-3-9-26(56)20-23/h1-20,50,53-56H. The number of halogens is 5. The van der Waals surface area contributed by atoms with E-state index in [9.17, 15) is 28.5 Å². The number of rotatable bonds is 4. The Morgan fingerprint density at radius 1 is 0.357 bits per heavy atom. The molecule has 2 aliphatic rings. The van der Waals surface area contributed by atoms with Crippen molar-refractivity contribution in [3.8, 4) is 61.8 Å².